The predicted octanol–water partition coefficient (Wildman–Crippen LogP) is 4.97. The lowest BCUT2D eigenvalue weighted by molar-refractivity contribution is -0.133. The molecular formula is C36H47F2N3O5S. The van der Waals surface area contributed by atoms with Gasteiger partial charge in [-0.25, -0.2) is 17.2 Å². The van der Waals surface area contributed by atoms with Gasteiger partial charge in [-0.1, -0.05) is 76.1 Å². The summed E-state index contributed by atoms with van der Waals surface area (Å²) in [7, 11) is -3.84. The van der Waals surface area contributed by atoms with Gasteiger partial charge in [0.15, 0.2) is 9.84 Å². The lowest BCUT2D eigenvalue weighted by Crippen LogP contribution is -2.59. The summed E-state index contributed by atoms with van der Waals surface area (Å²) in [5, 5.41) is 14.0. The Morgan fingerprint density at radius 3 is 2.09 bits per heavy atom. The molecule has 0 aromatic heterocycles. The first-order valence-electron chi connectivity index (χ1n) is 16.2. The Balaban J connectivity index is 2.01. The van der Waals surface area contributed by atoms with Crippen molar-refractivity contribution in [3.05, 3.63) is 107 Å². The van der Waals surface area contributed by atoms with E-state index >= 15 is 0 Å². The number of carbonyl (C=O) groups is 2. The molecule has 0 spiro atoms. The maximum absolute atomic E-state index is 14.3. The van der Waals surface area contributed by atoms with Crippen LogP contribution in [0.4, 0.5) is 8.78 Å². The van der Waals surface area contributed by atoms with Crippen LogP contribution >= 0.6 is 0 Å². The molecule has 4 N–H and O–H groups in total. The van der Waals surface area contributed by atoms with E-state index in [2.05, 4.69) is 5.32 Å². The second-order valence-electron chi connectivity index (χ2n) is 11.9. The van der Waals surface area contributed by atoms with Crippen LogP contribution < -0.4 is 11.1 Å². The number of carbonyl (C=O) groups excluding carboxylic acids is 2. The Labute approximate surface area is 277 Å². The fourth-order valence-corrected chi connectivity index (χ4v) is 7.85. The molecule has 0 saturated carbocycles. The second-order valence-corrected chi connectivity index (χ2v) is 14.3. The Kier molecular flexibility index (Phi) is 14.6. The van der Waals surface area contributed by atoms with E-state index in [9.17, 15) is 31.9 Å². The molecule has 3 atom stereocenters. The van der Waals surface area contributed by atoms with Crippen LogP contribution in [-0.4, -0.2) is 66.0 Å². The average molecular weight is 672 g/mol. The highest BCUT2D eigenvalue weighted by Crippen LogP contribution is 2.22. The maximum Gasteiger partial charge on any atom is 0.260 e. The summed E-state index contributed by atoms with van der Waals surface area (Å²) in [6.45, 7) is 6.04. The van der Waals surface area contributed by atoms with E-state index < -0.39 is 62.5 Å². The van der Waals surface area contributed by atoms with Crippen molar-refractivity contribution in [2.45, 2.75) is 89.3 Å². The third kappa shape index (κ3) is 11.0. The smallest absolute Gasteiger partial charge is 0.260 e. The largest absolute Gasteiger partial charge is 0.390 e. The number of hydrogen-bond donors (Lipinski definition) is 3. The lowest BCUT2D eigenvalue weighted by Gasteiger charge is -2.35. The second kappa shape index (κ2) is 18.1. The molecule has 0 aliphatic carbocycles. The number of sulfone groups is 1. The first-order valence-corrected chi connectivity index (χ1v) is 17.9. The zero-order chi connectivity index (χ0) is 34.6. The number of aliphatic hydroxyl groups is 1. The van der Waals surface area contributed by atoms with E-state index in [0.717, 1.165) is 34.6 Å². The minimum atomic E-state index is -3.84. The van der Waals surface area contributed by atoms with Gasteiger partial charge in [0.2, 0.25) is 5.91 Å². The Morgan fingerprint density at radius 1 is 0.872 bits per heavy atom. The van der Waals surface area contributed by atoms with Gasteiger partial charge >= 0.3 is 0 Å². The van der Waals surface area contributed by atoms with Crippen LogP contribution in [0.3, 0.4) is 0 Å². The van der Waals surface area contributed by atoms with Gasteiger partial charge in [0, 0.05) is 24.7 Å². The predicted molar refractivity (Wildman–Crippen MR) is 180 cm³/mol. The van der Waals surface area contributed by atoms with Crippen LogP contribution in [0.1, 0.15) is 73.5 Å². The third-order valence-corrected chi connectivity index (χ3v) is 10.5. The Morgan fingerprint density at radius 2 is 1.49 bits per heavy atom. The zero-order valence-corrected chi connectivity index (χ0v) is 28.2. The van der Waals surface area contributed by atoms with E-state index in [4.69, 9.17) is 5.73 Å². The highest BCUT2D eigenvalue weighted by atomic mass is 32.2. The van der Waals surface area contributed by atoms with E-state index in [1.807, 2.05) is 45.0 Å². The van der Waals surface area contributed by atoms with Crippen molar-refractivity contribution in [3.8, 4) is 0 Å². The van der Waals surface area contributed by atoms with Crippen LogP contribution in [0.15, 0.2) is 72.8 Å². The zero-order valence-electron chi connectivity index (χ0n) is 27.4. The minimum absolute atomic E-state index is 0.0907. The standard InChI is InChI=1S/C36H47F2N3O5S/c1-4-11-31(12-5-2)47(45,46)24-32(39)36(44)41(35(43)28-15-8-7-9-16-28)33(20-27-18-29(37)21-30(38)19-27)34(42)23-40-22-26-14-10-13-25(6-3)17-26/h7-10,13-19,21,31-34,40,42H,4-6,11-12,20,22-24,39H2,1-3H3/t32?,33-,34+/m0/s1. The third-order valence-electron chi connectivity index (χ3n) is 8.16. The van der Waals surface area contributed by atoms with Gasteiger partial charge in [0.1, 0.15) is 11.6 Å². The van der Waals surface area contributed by atoms with Crippen molar-refractivity contribution < 1.29 is 31.9 Å². The van der Waals surface area contributed by atoms with Crippen molar-refractivity contribution in [2.75, 3.05) is 12.3 Å². The Hall–Kier alpha value is -3.51. The summed E-state index contributed by atoms with van der Waals surface area (Å²) in [4.78, 5) is 29.0. The molecule has 0 saturated heterocycles. The van der Waals surface area contributed by atoms with Gasteiger partial charge in [-0.2, -0.15) is 0 Å². The number of halogens is 2. The molecule has 3 aromatic rings. The molecule has 0 bridgehead atoms. The number of imide groups is 1. The highest BCUT2D eigenvalue weighted by molar-refractivity contribution is 7.92. The van der Waals surface area contributed by atoms with Gasteiger partial charge < -0.3 is 16.2 Å². The van der Waals surface area contributed by atoms with E-state index in [-0.39, 0.29) is 24.1 Å². The van der Waals surface area contributed by atoms with Gasteiger partial charge in [-0.3, -0.25) is 14.5 Å². The van der Waals surface area contributed by atoms with Crippen LogP contribution in [0.5, 0.6) is 0 Å². The number of nitrogens with zero attached hydrogens (tertiary/aromatic N) is 1. The molecular weight excluding hydrogens is 624 g/mol. The molecule has 11 heteroatoms. The van der Waals surface area contributed by atoms with Crippen LogP contribution in [0, 0.1) is 11.6 Å². The number of nitrogens with two attached hydrogens (primary N) is 1. The minimum Gasteiger partial charge on any atom is -0.390 e. The van der Waals surface area contributed by atoms with E-state index in [1.165, 1.54) is 12.1 Å². The molecule has 0 heterocycles. The van der Waals surface area contributed by atoms with Gasteiger partial charge in [-0.05, 0) is 66.6 Å². The molecule has 8 nitrogen and oxygen atoms in total. The molecule has 2 amide bonds. The summed E-state index contributed by atoms with van der Waals surface area (Å²) < 4.78 is 55.4. The molecule has 47 heavy (non-hydrogen) atoms. The van der Waals surface area contributed by atoms with Crippen LogP contribution in [0.25, 0.3) is 0 Å². The summed E-state index contributed by atoms with van der Waals surface area (Å²) in [6.07, 6.45) is 1.16. The Bertz CT molecular complexity index is 1550. The molecule has 256 valence electrons. The van der Waals surface area contributed by atoms with E-state index in [0.29, 0.717) is 38.3 Å². The topological polar surface area (TPSA) is 130 Å². The molecule has 3 rings (SSSR count). The highest BCUT2D eigenvalue weighted by Gasteiger charge is 2.39. The number of nitrogens with one attached hydrogen (secondary N) is 1. The summed E-state index contributed by atoms with van der Waals surface area (Å²) in [6, 6.07) is 15.5. The number of benzene rings is 3. The molecule has 0 aliphatic rings. The molecule has 1 unspecified atom stereocenters. The van der Waals surface area contributed by atoms with Crippen LogP contribution in [0.2, 0.25) is 0 Å². The molecule has 0 radical (unpaired) electrons. The van der Waals surface area contributed by atoms with Gasteiger partial charge in [-0.15, -0.1) is 0 Å². The lowest BCUT2D eigenvalue weighted by atomic mass is 9.97. The summed E-state index contributed by atoms with van der Waals surface area (Å²) in [5.41, 5.74) is 8.56. The average Bonchev–Trinajstić information content (AvgIpc) is 3.04. The normalized spacial score (nSPS) is 13.7. The quantitative estimate of drug-likeness (QED) is 0.174. The van der Waals surface area contributed by atoms with Crippen molar-refractivity contribution in [2.24, 2.45) is 5.73 Å². The molecule has 0 aliphatic heterocycles. The maximum atomic E-state index is 14.3. The number of rotatable bonds is 18. The van der Waals surface area contributed by atoms with Crippen molar-refractivity contribution in [3.63, 3.8) is 0 Å². The fourth-order valence-electron chi connectivity index (χ4n) is 5.75. The van der Waals surface area contributed by atoms with Crippen molar-refractivity contribution in [1.82, 2.24) is 10.2 Å². The van der Waals surface area contributed by atoms with Gasteiger partial charge in [0.25, 0.3) is 5.91 Å². The SMILES string of the molecule is CCCC(CCC)S(=O)(=O)CC(N)C(=O)N(C(=O)c1ccccc1)[C@@H](Cc1cc(F)cc(F)c1)[C@H](O)CNCc1cccc(CC)c1. The molecule has 3 aromatic carbocycles. The van der Waals surface area contributed by atoms with Crippen molar-refractivity contribution >= 4 is 21.7 Å². The summed E-state index contributed by atoms with van der Waals surface area (Å²) in [5.74, 6) is -4.26. The van der Waals surface area contributed by atoms with E-state index in [1.54, 1.807) is 18.2 Å². The van der Waals surface area contributed by atoms with Crippen LogP contribution in [-0.2, 0) is 34.0 Å². The molecule has 0 fully saturated rings. The first-order chi connectivity index (χ1) is 22.4. The first kappa shape index (κ1) is 37.9. The number of amides is 2. The fraction of sp³-hybridized carbons (Fsp3) is 0.444. The number of aryl methyl sites for hydroxylation is 1. The monoisotopic (exact) mass is 671 g/mol. The summed E-state index contributed by atoms with van der Waals surface area (Å²) >= 11 is 0. The van der Waals surface area contributed by atoms with Crippen molar-refractivity contribution in [1.29, 1.82) is 0 Å². The number of aliphatic hydroxyl groups excluding tert-OH is 1. The van der Waals surface area contributed by atoms with Gasteiger partial charge in [0.05, 0.1) is 29.2 Å². The number of hydrogen-bond acceptors (Lipinski definition) is 7.